The highest BCUT2D eigenvalue weighted by atomic mass is 35.5. The third kappa shape index (κ3) is 6.87. The van der Waals surface area contributed by atoms with Gasteiger partial charge in [-0.25, -0.2) is 0 Å². The van der Waals surface area contributed by atoms with Crippen LogP contribution in [0.1, 0.15) is 74.4 Å². The third-order valence-electron chi connectivity index (χ3n) is 7.81. The molecule has 0 saturated heterocycles. The van der Waals surface area contributed by atoms with Gasteiger partial charge in [0.15, 0.2) is 6.10 Å². The monoisotopic (exact) mass is 540 g/mol. The number of benzene rings is 2. The Morgan fingerprint density at radius 3 is 2.37 bits per heavy atom. The summed E-state index contributed by atoms with van der Waals surface area (Å²) in [4.78, 5) is 38.9. The van der Waals surface area contributed by atoms with Crippen molar-refractivity contribution >= 4 is 29.4 Å². The number of fused-ring (bicyclic) bond motifs is 1. The number of amides is 2. The number of rotatable bonds is 8. The number of hydrogen-bond acceptors (Lipinski definition) is 4. The number of carbonyl (C=O) groups is 3. The number of nitrogens with one attached hydrogen (secondary N) is 1. The number of halogens is 1. The molecule has 0 aromatic heterocycles. The summed E-state index contributed by atoms with van der Waals surface area (Å²) < 4.78 is 6.07. The molecule has 4 rings (SSSR count). The summed E-state index contributed by atoms with van der Waals surface area (Å²) in [6.45, 7) is 7.37. The first-order chi connectivity index (χ1) is 18.0. The summed E-state index contributed by atoms with van der Waals surface area (Å²) in [5.41, 5.74) is 2.58. The molecule has 2 aromatic carbocycles. The topological polar surface area (TPSA) is 95.9 Å². The van der Waals surface area contributed by atoms with E-state index in [9.17, 15) is 14.4 Å². The molecule has 1 unspecified atom stereocenters. The predicted octanol–water partition coefficient (Wildman–Crippen LogP) is 5.48. The molecule has 0 radical (unpaired) electrons. The summed E-state index contributed by atoms with van der Waals surface area (Å²) in [5, 5.41) is 12.0. The lowest BCUT2D eigenvalue weighted by Gasteiger charge is -2.41. The highest BCUT2D eigenvalue weighted by Crippen LogP contribution is 2.40. The molecule has 7 nitrogen and oxygen atoms in total. The number of carboxylic acid groups (broad SMARTS) is 1. The molecule has 2 aromatic rings. The minimum absolute atomic E-state index is 0.0213. The van der Waals surface area contributed by atoms with Crippen molar-refractivity contribution in [3.63, 3.8) is 0 Å². The van der Waals surface area contributed by atoms with E-state index < -0.39 is 12.1 Å². The van der Waals surface area contributed by atoms with E-state index in [1.807, 2.05) is 29.2 Å². The Bertz CT molecular complexity index is 1170. The Labute approximate surface area is 229 Å². The molecule has 2 N–H and O–H groups in total. The number of aliphatic carboxylic acids is 1. The fourth-order valence-corrected chi connectivity index (χ4v) is 5.72. The van der Waals surface area contributed by atoms with Crippen molar-refractivity contribution in [3.05, 3.63) is 64.2 Å². The fraction of sp³-hybridized carbons (Fsp3) is 0.500. The van der Waals surface area contributed by atoms with Crippen molar-refractivity contribution in [3.8, 4) is 5.75 Å². The Morgan fingerprint density at radius 1 is 1.05 bits per heavy atom. The van der Waals surface area contributed by atoms with Gasteiger partial charge in [-0.05, 0) is 78.5 Å². The van der Waals surface area contributed by atoms with Gasteiger partial charge in [-0.2, -0.15) is 0 Å². The van der Waals surface area contributed by atoms with Crippen LogP contribution in [0.15, 0.2) is 42.5 Å². The normalized spacial score (nSPS) is 20.8. The molecule has 1 heterocycles. The predicted molar refractivity (Wildman–Crippen MR) is 146 cm³/mol. The zero-order chi connectivity index (χ0) is 27.4. The van der Waals surface area contributed by atoms with Gasteiger partial charge in [0.1, 0.15) is 5.75 Å². The molecule has 1 fully saturated rings. The second-order valence-electron chi connectivity index (χ2n) is 11.5. The molecule has 2 aliphatic rings. The molecule has 2 amide bonds. The molecule has 1 saturated carbocycles. The SMILES string of the molecule is CC(C)(C)C1CCC(N(Cc2ccc(C(=O)NCCC(=O)O)cc2)C(=O)C2Cc3cc(Cl)ccc3O2)CC1. The molecular weight excluding hydrogens is 504 g/mol. The zero-order valence-corrected chi connectivity index (χ0v) is 23.1. The van der Waals surface area contributed by atoms with E-state index in [1.54, 1.807) is 18.2 Å². The van der Waals surface area contributed by atoms with Crippen LogP contribution in [0, 0.1) is 11.3 Å². The van der Waals surface area contributed by atoms with Gasteiger partial charge in [0.2, 0.25) is 0 Å². The Balaban J connectivity index is 1.48. The fourth-order valence-electron chi connectivity index (χ4n) is 5.52. The van der Waals surface area contributed by atoms with E-state index in [2.05, 4.69) is 26.1 Å². The van der Waals surface area contributed by atoms with Crippen molar-refractivity contribution in [1.82, 2.24) is 10.2 Å². The zero-order valence-electron chi connectivity index (χ0n) is 22.3. The minimum Gasteiger partial charge on any atom is -0.481 e. The van der Waals surface area contributed by atoms with Crippen molar-refractivity contribution in [2.24, 2.45) is 11.3 Å². The minimum atomic E-state index is -0.959. The van der Waals surface area contributed by atoms with Crippen LogP contribution >= 0.6 is 11.6 Å². The summed E-state index contributed by atoms with van der Waals surface area (Å²) in [6, 6.07) is 12.7. The van der Waals surface area contributed by atoms with Crippen LogP contribution in [0.4, 0.5) is 0 Å². The lowest BCUT2D eigenvalue weighted by molar-refractivity contribution is -0.142. The van der Waals surface area contributed by atoms with Gasteiger partial charge in [0, 0.05) is 36.1 Å². The number of ether oxygens (including phenoxy) is 1. The molecule has 1 aliphatic heterocycles. The van der Waals surface area contributed by atoms with E-state index >= 15 is 0 Å². The lowest BCUT2D eigenvalue weighted by atomic mass is 9.71. The van der Waals surface area contributed by atoms with Crippen LogP contribution in [0.2, 0.25) is 5.02 Å². The second kappa shape index (κ2) is 11.8. The third-order valence-corrected chi connectivity index (χ3v) is 8.05. The molecular formula is C30H37ClN2O5. The quantitative estimate of drug-likeness (QED) is 0.462. The lowest BCUT2D eigenvalue weighted by Crippen LogP contribution is -2.48. The van der Waals surface area contributed by atoms with Crippen LogP contribution in [-0.2, 0) is 22.6 Å². The van der Waals surface area contributed by atoms with Gasteiger partial charge in [-0.3, -0.25) is 14.4 Å². The van der Waals surface area contributed by atoms with Crippen molar-refractivity contribution < 1.29 is 24.2 Å². The first-order valence-electron chi connectivity index (χ1n) is 13.4. The average Bonchev–Trinajstić information content (AvgIpc) is 3.30. The second-order valence-corrected chi connectivity index (χ2v) is 11.9. The molecule has 0 spiro atoms. The van der Waals surface area contributed by atoms with Gasteiger partial charge >= 0.3 is 5.97 Å². The van der Waals surface area contributed by atoms with Crippen molar-refractivity contribution in [2.45, 2.75) is 78.0 Å². The summed E-state index contributed by atoms with van der Waals surface area (Å²) in [6.07, 6.45) is 3.84. The first kappa shape index (κ1) is 28.0. The van der Waals surface area contributed by atoms with Gasteiger partial charge in [-0.15, -0.1) is 0 Å². The number of nitrogens with zero attached hydrogens (tertiary/aromatic N) is 1. The Hall–Kier alpha value is -3.06. The number of carboxylic acids is 1. The molecule has 38 heavy (non-hydrogen) atoms. The Kier molecular flexibility index (Phi) is 8.66. The van der Waals surface area contributed by atoms with E-state index in [4.69, 9.17) is 21.4 Å². The maximum Gasteiger partial charge on any atom is 0.305 e. The van der Waals surface area contributed by atoms with Gasteiger partial charge < -0.3 is 20.1 Å². The van der Waals surface area contributed by atoms with Gasteiger partial charge in [-0.1, -0.05) is 44.5 Å². The van der Waals surface area contributed by atoms with Crippen LogP contribution in [0.3, 0.4) is 0 Å². The van der Waals surface area contributed by atoms with Crippen LogP contribution < -0.4 is 10.1 Å². The van der Waals surface area contributed by atoms with Crippen LogP contribution in [0.25, 0.3) is 0 Å². The Morgan fingerprint density at radius 2 is 1.74 bits per heavy atom. The highest BCUT2D eigenvalue weighted by molar-refractivity contribution is 6.30. The van der Waals surface area contributed by atoms with Crippen molar-refractivity contribution in [1.29, 1.82) is 0 Å². The van der Waals surface area contributed by atoms with Crippen LogP contribution in [-0.4, -0.2) is 46.5 Å². The van der Waals surface area contributed by atoms with E-state index in [-0.39, 0.29) is 36.2 Å². The maximum atomic E-state index is 13.9. The summed E-state index contributed by atoms with van der Waals surface area (Å²) in [5.74, 6) is 0.0413. The molecule has 204 valence electrons. The van der Waals surface area contributed by atoms with E-state index in [0.29, 0.717) is 35.2 Å². The van der Waals surface area contributed by atoms with Crippen molar-refractivity contribution in [2.75, 3.05) is 6.54 Å². The smallest absolute Gasteiger partial charge is 0.305 e. The average molecular weight is 541 g/mol. The highest BCUT2D eigenvalue weighted by Gasteiger charge is 2.38. The molecule has 0 bridgehead atoms. The number of hydrogen-bond donors (Lipinski definition) is 2. The maximum absolute atomic E-state index is 13.9. The number of carbonyl (C=O) groups excluding carboxylic acids is 2. The standard InChI is InChI=1S/C30H37ClN2O5/c1-30(2,3)22-8-11-24(12-9-22)33(29(37)26-17-21-16-23(31)10-13-25(21)38-26)18-19-4-6-20(7-5-19)28(36)32-15-14-27(34)35/h4-7,10,13,16,22,24,26H,8-9,11-12,14-15,17-18H2,1-3H3,(H,32,36)(H,34,35). The summed E-state index contributed by atoms with van der Waals surface area (Å²) >= 11 is 6.16. The molecule has 8 heteroatoms. The van der Waals surface area contributed by atoms with E-state index in [1.165, 1.54) is 0 Å². The van der Waals surface area contributed by atoms with Crippen LogP contribution in [0.5, 0.6) is 5.75 Å². The first-order valence-corrected chi connectivity index (χ1v) is 13.7. The molecule has 1 atom stereocenters. The largest absolute Gasteiger partial charge is 0.481 e. The molecule has 1 aliphatic carbocycles. The van der Waals surface area contributed by atoms with E-state index in [0.717, 1.165) is 36.8 Å². The van der Waals surface area contributed by atoms with Gasteiger partial charge in [0.25, 0.3) is 11.8 Å². The van der Waals surface area contributed by atoms with Gasteiger partial charge in [0.05, 0.1) is 6.42 Å². The summed E-state index contributed by atoms with van der Waals surface area (Å²) in [7, 11) is 0.